The summed E-state index contributed by atoms with van der Waals surface area (Å²) in [6.45, 7) is 4.34. The number of carbonyl (C=O) groups excluding carboxylic acids is 1. The minimum atomic E-state index is -2.36. The Kier molecular flexibility index (Phi) is 3.87. The molecule has 8 nitrogen and oxygen atoms in total. The lowest BCUT2D eigenvalue weighted by molar-refractivity contribution is 0.0740. The Morgan fingerprint density at radius 1 is 1.42 bits per heavy atom. The number of amides is 1. The molecule has 24 heavy (non-hydrogen) atoms. The van der Waals surface area contributed by atoms with Crippen molar-refractivity contribution >= 4 is 24.0 Å². The van der Waals surface area contributed by atoms with Crippen molar-refractivity contribution in [1.82, 2.24) is 14.5 Å². The summed E-state index contributed by atoms with van der Waals surface area (Å²) in [6.07, 6.45) is 1.86. The molecule has 0 spiro atoms. The van der Waals surface area contributed by atoms with E-state index in [0.29, 0.717) is 30.1 Å². The second-order valence-corrected chi connectivity index (χ2v) is 9.92. The average Bonchev–Trinajstić information content (AvgIpc) is 2.50. The molecule has 3 N–H and O–H groups in total. The van der Waals surface area contributed by atoms with Gasteiger partial charge in [0.15, 0.2) is 16.9 Å². The van der Waals surface area contributed by atoms with E-state index in [1.807, 2.05) is 0 Å². The number of nitrogens with zero attached hydrogens (tertiary/aromatic N) is 4. The zero-order valence-corrected chi connectivity index (χ0v) is 14.7. The van der Waals surface area contributed by atoms with E-state index >= 15 is 0 Å². The van der Waals surface area contributed by atoms with Crippen molar-refractivity contribution in [3.05, 3.63) is 29.0 Å². The summed E-state index contributed by atoms with van der Waals surface area (Å²) in [5, 5.41) is 15.0. The molecule has 0 fully saturated rings. The fraction of sp³-hybridized carbons (Fsp3) is 0.400. The molecule has 2 aromatic heterocycles. The van der Waals surface area contributed by atoms with Crippen molar-refractivity contribution in [1.29, 1.82) is 0 Å². The number of aromatic nitrogens is 2. The summed E-state index contributed by atoms with van der Waals surface area (Å²) < 4.78 is 13.9. The van der Waals surface area contributed by atoms with Crippen LogP contribution in [0.3, 0.4) is 0 Å². The lowest BCUT2D eigenvalue weighted by Crippen LogP contribution is -2.43. The Morgan fingerprint density at radius 3 is 2.75 bits per heavy atom. The molecule has 0 unspecified atom stereocenters. The smallest absolute Gasteiger partial charge is 0.274 e. The summed E-state index contributed by atoms with van der Waals surface area (Å²) >= 11 is 0. The summed E-state index contributed by atoms with van der Waals surface area (Å²) in [5.41, 5.74) is 1.49. The second-order valence-electron chi connectivity index (χ2n) is 6.45. The van der Waals surface area contributed by atoms with Gasteiger partial charge in [0, 0.05) is 32.5 Å². The molecule has 2 aromatic rings. The number of nitrogens with two attached hydrogens (primary N) is 1. The molecule has 0 radical (unpaired) electrons. The van der Waals surface area contributed by atoms with Crippen LogP contribution >= 0.6 is 7.14 Å². The van der Waals surface area contributed by atoms with Crippen LogP contribution in [0.25, 0.3) is 10.9 Å². The van der Waals surface area contributed by atoms with Crippen molar-refractivity contribution in [2.24, 2.45) is 10.9 Å². The van der Waals surface area contributed by atoms with E-state index in [2.05, 4.69) is 10.1 Å². The number of aromatic hydroxyl groups is 1. The van der Waals surface area contributed by atoms with Gasteiger partial charge in [0.25, 0.3) is 5.91 Å². The van der Waals surface area contributed by atoms with Gasteiger partial charge in [0.05, 0.1) is 12.5 Å². The second kappa shape index (κ2) is 5.63. The molecule has 0 saturated carbocycles. The maximum absolute atomic E-state index is 12.5. The predicted molar refractivity (Wildman–Crippen MR) is 91.3 cm³/mol. The first-order chi connectivity index (χ1) is 11.2. The molecule has 1 aliphatic rings. The maximum atomic E-state index is 12.5. The summed E-state index contributed by atoms with van der Waals surface area (Å²) in [6, 6.07) is 1.75. The minimum absolute atomic E-state index is 0.126. The van der Waals surface area contributed by atoms with Crippen LogP contribution in [0.1, 0.15) is 16.1 Å². The van der Waals surface area contributed by atoms with Gasteiger partial charge in [-0.05, 0) is 25.0 Å². The first kappa shape index (κ1) is 16.5. The Labute approximate surface area is 139 Å². The van der Waals surface area contributed by atoms with E-state index in [1.54, 1.807) is 31.0 Å². The normalized spacial score (nSPS) is 15.9. The summed E-state index contributed by atoms with van der Waals surface area (Å²) in [4.78, 5) is 18.2. The topological polar surface area (TPSA) is 114 Å². The van der Waals surface area contributed by atoms with Crippen LogP contribution in [0.15, 0.2) is 17.4 Å². The van der Waals surface area contributed by atoms with E-state index in [9.17, 15) is 14.5 Å². The third-order valence-corrected chi connectivity index (χ3v) is 5.22. The molecule has 0 saturated heterocycles. The highest BCUT2D eigenvalue weighted by atomic mass is 31.2. The molecule has 1 aliphatic heterocycles. The highest BCUT2D eigenvalue weighted by Gasteiger charge is 2.29. The van der Waals surface area contributed by atoms with Gasteiger partial charge < -0.3 is 25.0 Å². The fourth-order valence-corrected chi connectivity index (χ4v) is 4.14. The lowest BCUT2D eigenvalue weighted by atomic mass is 10.1. The van der Waals surface area contributed by atoms with Crippen molar-refractivity contribution in [3.63, 3.8) is 0 Å². The minimum Gasteiger partial charge on any atom is -0.504 e. The number of likely N-dealkylation sites (N-methyl/N-ethyl adjacent to an activating group) is 1. The van der Waals surface area contributed by atoms with Gasteiger partial charge in [-0.15, -0.1) is 0 Å². The third kappa shape index (κ3) is 2.57. The zero-order valence-electron chi connectivity index (χ0n) is 13.9. The van der Waals surface area contributed by atoms with Crippen LogP contribution in [-0.2, 0) is 17.3 Å². The maximum Gasteiger partial charge on any atom is 0.274 e. The quantitative estimate of drug-likeness (QED) is 0.471. The Balaban J connectivity index is 2.45. The monoisotopic (exact) mass is 349 g/mol. The van der Waals surface area contributed by atoms with E-state index in [1.165, 1.54) is 11.1 Å². The molecule has 1 amide bonds. The van der Waals surface area contributed by atoms with Crippen LogP contribution in [0.2, 0.25) is 0 Å². The van der Waals surface area contributed by atoms with E-state index in [4.69, 9.17) is 5.84 Å². The highest BCUT2D eigenvalue weighted by molar-refractivity contribution is 7.61. The van der Waals surface area contributed by atoms with Crippen LogP contribution in [0, 0.1) is 0 Å². The van der Waals surface area contributed by atoms with E-state index < -0.39 is 7.14 Å². The molecule has 0 atom stereocenters. The molecule has 3 heterocycles. The summed E-state index contributed by atoms with van der Waals surface area (Å²) in [5.74, 6) is 5.10. The van der Waals surface area contributed by atoms with Gasteiger partial charge in [-0.25, -0.2) is 0 Å². The van der Waals surface area contributed by atoms with E-state index in [0.717, 1.165) is 5.56 Å². The van der Waals surface area contributed by atoms with Gasteiger partial charge in [0.2, 0.25) is 0 Å². The Hall–Kier alpha value is -2.34. The van der Waals surface area contributed by atoms with Crippen LogP contribution in [0.4, 0.5) is 0 Å². The molecule has 3 rings (SSSR count). The number of hydrogen-bond donors (Lipinski definition) is 2. The number of rotatable bonds is 2. The molecular formula is C15H20N5O3P. The summed E-state index contributed by atoms with van der Waals surface area (Å²) in [7, 11) is -0.694. The SMILES string of the molecule is CN1CCn2c(c(O)c3nccc(CP(C)(C)=O)c3/c2=N\N)C1=O. The molecule has 0 aromatic carbocycles. The van der Waals surface area contributed by atoms with Crippen molar-refractivity contribution in [2.75, 3.05) is 26.9 Å². The lowest BCUT2D eigenvalue weighted by Gasteiger charge is -2.28. The van der Waals surface area contributed by atoms with Crippen LogP contribution in [-0.4, -0.2) is 52.4 Å². The zero-order chi connectivity index (χ0) is 17.6. The molecule has 128 valence electrons. The predicted octanol–water partition coefficient (Wildman–Crippen LogP) is 0.725. The van der Waals surface area contributed by atoms with Gasteiger partial charge in [-0.1, -0.05) is 0 Å². The number of hydrogen-bond acceptors (Lipinski definition) is 6. The third-order valence-electron chi connectivity index (χ3n) is 4.12. The number of fused-ring (bicyclic) bond motifs is 2. The average molecular weight is 349 g/mol. The molecular weight excluding hydrogens is 329 g/mol. The van der Waals surface area contributed by atoms with Gasteiger partial charge in [0.1, 0.15) is 5.52 Å². The van der Waals surface area contributed by atoms with Crippen molar-refractivity contribution in [2.45, 2.75) is 12.7 Å². The standard InChI is InChI=1S/C15H20N5O3P/c1-19-6-7-20-12(15(19)22)13(21)11-10(14(20)18-16)9(4-5-17-11)8-24(2,3)23/h4-5,21H,6-8,16H2,1-3H3/b18-14+. The van der Waals surface area contributed by atoms with E-state index in [-0.39, 0.29) is 22.9 Å². The molecule has 0 aliphatic carbocycles. The first-order valence-electron chi connectivity index (χ1n) is 7.51. The van der Waals surface area contributed by atoms with Crippen molar-refractivity contribution < 1.29 is 14.5 Å². The highest BCUT2D eigenvalue weighted by Crippen LogP contribution is 2.42. The molecule has 9 heteroatoms. The largest absolute Gasteiger partial charge is 0.504 e. The first-order valence-corrected chi connectivity index (χ1v) is 10.3. The van der Waals surface area contributed by atoms with Gasteiger partial charge >= 0.3 is 0 Å². The van der Waals surface area contributed by atoms with Gasteiger partial charge in [-0.3, -0.25) is 9.78 Å². The van der Waals surface area contributed by atoms with Gasteiger partial charge in [-0.2, -0.15) is 5.10 Å². The number of pyridine rings is 2. The van der Waals surface area contributed by atoms with Crippen LogP contribution < -0.4 is 11.3 Å². The molecule has 0 bridgehead atoms. The fourth-order valence-electron chi connectivity index (χ4n) is 3.05. The van der Waals surface area contributed by atoms with Crippen molar-refractivity contribution in [3.8, 4) is 5.75 Å². The van der Waals surface area contributed by atoms with Crippen LogP contribution in [0.5, 0.6) is 5.75 Å². The number of carbonyl (C=O) groups is 1. The Bertz CT molecular complexity index is 960. The Morgan fingerprint density at radius 2 is 2.12 bits per heavy atom.